The van der Waals surface area contributed by atoms with Crippen LogP contribution in [0, 0.1) is 5.92 Å². The molecule has 24 heavy (non-hydrogen) atoms. The monoisotopic (exact) mass is 329 g/mol. The highest BCUT2D eigenvalue weighted by atomic mass is 16.5. The summed E-state index contributed by atoms with van der Waals surface area (Å²) in [6, 6.07) is 7.68. The maximum Gasteiger partial charge on any atom is 0.314 e. The highest BCUT2D eigenvalue weighted by molar-refractivity contribution is 6.09. The van der Waals surface area contributed by atoms with Gasteiger partial charge in [-0.25, -0.2) is 0 Å². The first-order valence-electron chi connectivity index (χ1n) is 8.73. The Morgan fingerprint density at radius 3 is 2.96 bits per heavy atom. The van der Waals surface area contributed by atoms with Gasteiger partial charge in [-0.2, -0.15) is 0 Å². The quantitative estimate of drug-likeness (QED) is 0.647. The van der Waals surface area contributed by atoms with Gasteiger partial charge in [-0.05, 0) is 32.8 Å². The van der Waals surface area contributed by atoms with Gasteiger partial charge < -0.3 is 14.6 Å². The van der Waals surface area contributed by atoms with Gasteiger partial charge in [0, 0.05) is 22.7 Å². The number of piperidine rings is 1. The molecule has 1 saturated heterocycles. The fourth-order valence-corrected chi connectivity index (χ4v) is 3.64. The molecule has 1 aliphatic heterocycles. The Kier molecular flexibility index (Phi) is 5.00. The van der Waals surface area contributed by atoms with E-state index >= 15 is 0 Å². The number of fused-ring (bicyclic) bond motifs is 1. The van der Waals surface area contributed by atoms with E-state index in [2.05, 4.69) is 4.98 Å². The summed E-state index contributed by atoms with van der Waals surface area (Å²) in [5, 5.41) is 0.965. The van der Waals surface area contributed by atoms with Crippen molar-refractivity contribution < 1.29 is 19.2 Å². The highest BCUT2D eigenvalue weighted by Crippen LogP contribution is 2.19. The van der Waals surface area contributed by atoms with Crippen LogP contribution < -0.4 is 4.90 Å². The number of benzene rings is 1. The predicted octanol–water partition coefficient (Wildman–Crippen LogP) is 1.60. The molecule has 0 saturated carbocycles. The number of Topliss-reactive ketones (excluding diaryl/α,β-unsaturated/α-hetero) is 1. The van der Waals surface area contributed by atoms with Crippen molar-refractivity contribution in [1.29, 1.82) is 0 Å². The van der Waals surface area contributed by atoms with Crippen LogP contribution in [0.4, 0.5) is 0 Å². The number of aromatic amines is 1. The first kappa shape index (κ1) is 16.7. The first-order chi connectivity index (χ1) is 11.6. The molecule has 3 rings (SSSR count). The number of hydrogen-bond acceptors (Lipinski definition) is 3. The van der Waals surface area contributed by atoms with E-state index in [1.54, 1.807) is 6.20 Å². The number of likely N-dealkylation sites (tertiary alicyclic amines) is 1. The van der Waals surface area contributed by atoms with Crippen LogP contribution in [0.3, 0.4) is 0 Å². The number of carbonyl (C=O) groups excluding carboxylic acids is 2. The van der Waals surface area contributed by atoms with E-state index in [1.165, 1.54) is 4.90 Å². The molecule has 2 aromatic rings. The lowest BCUT2D eigenvalue weighted by atomic mass is 9.95. The number of H-pyrrole nitrogens is 1. The summed E-state index contributed by atoms with van der Waals surface area (Å²) >= 11 is 0. The third-order valence-corrected chi connectivity index (χ3v) is 5.04. The van der Waals surface area contributed by atoms with Crippen LogP contribution in [0.5, 0.6) is 0 Å². The number of para-hydroxylation sites is 1. The van der Waals surface area contributed by atoms with Gasteiger partial charge in [0.25, 0.3) is 0 Å². The summed E-state index contributed by atoms with van der Waals surface area (Å²) in [6.45, 7) is 5.80. The minimum Gasteiger partial charge on any atom is -0.466 e. The number of rotatable bonds is 5. The van der Waals surface area contributed by atoms with Gasteiger partial charge in [-0.1, -0.05) is 18.2 Å². The number of esters is 1. The molecule has 0 bridgehead atoms. The molecule has 1 aromatic heterocycles. The summed E-state index contributed by atoms with van der Waals surface area (Å²) in [5.74, 6) is -0.0830. The van der Waals surface area contributed by atoms with Crippen LogP contribution in [0.1, 0.15) is 37.0 Å². The number of aromatic nitrogens is 1. The fraction of sp³-hybridized carbons (Fsp3) is 0.474. The minimum atomic E-state index is -0.165. The number of ether oxygens (including phenoxy) is 1. The summed E-state index contributed by atoms with van der Waals surface area (Å²) < 4.78 is 5.16. The van der Waals surface area contributed by atoms with E-state index in [4.69, 9.17) is 4.74 Å². The number of nitrogens with one attached hydrogen (secondary N) is 2. The number of carbonyl (C=O) groups is 2. The second kappa shape index (κ2) is 7.18. The van der Waals surface area contributed by atoms with Crippen LogP contribution in [0.15, 0.2) is 30.5 Å². The molecule has 1 fully saturated rings. The Morgan fingerprint density at radius 1 is 1.38 bits per heavy atom. The van der Waals surface area contributed by atoms with Gasteiger partial charge in [-0.15, -0.1) is 0 Å². The molecule has 1 unspecified atom stereocenters. The van der Waals surface area contributed by atoms with Crippen molar-refractivity contribution in [3.8, 4) is 0 Å². The van der Waals surface area contributed by atoms with Crippen LogP contribution in [0.2, 0.25) is 0 Å². The lowest BCUT2D eigenvalue weighted by molar-refractivity contribution is -0.920. The van der Waals surface area contributed by atoms with E-state index in [9.17, 15) is 9.59 Å². The first-order valence-corrected chi connectivity index (χ1v) is 8.73. The number of hydrogen-bond donors (Lipinski definition) is 2. The molecule has 0 amide bonds. The molecule has 2 heterocycles. The Bertz CT molecular complexity index is 737. The average molecular weight is 329 g/mol. The Morgan fingerprint density at radius 2 is 2.17 bits per heavy atom. The van der Waals surface area contributed by atoms with E-state index in [0.29, 0.717) is 13.2 Å². The van der Waals surface area contributed by atoms with E-state index in [0.717, 1.165) is 35.9 Å². The van der Waals surface area contributed by atoms with Gasteiger partial charge in [-0.3, -0.25) is 9.59 Å². The Balaban J connectivity index is 1.74. The second-order valence-electron chi connectivity index (χ2n) is 6.54. The van der Waals surface area contributed by atoms with Crippen molar-refractivity contribution >= 4 is 22.7 Å². The van der Waals surface area contributed by atoms with E-state index < -0.39 is 0 Å². The molecule has 3 atom stereocenters. The SMILES string of the molecule is CCOC(=O)[C@H]1CCC[NH+]([C@@H](C)C(=O)c2c[nH]c3ccccc23)C1. The largest absolute Gasteiger partial charge is 0.466 e. The zero-order chi connectivity index (χ0) is 17.1. The van der Waals surface area contributed by atoms with Gasteiger partial charge in [0.1, 0.15) is 12.0 Å². The molecule has 0 radical (unpaired) electrons. The third-order valence-electron chi connectivity index (χ3n) is 5.04. The van der Waals surface area contributed by atoms with Gasteiger partial charge in [0.05, 0.1) is 19.7 Å². The molecule has 0 spiro atoms. The van der Waals surface area contributed by atoms with Gasteiger partial charge >= 0.3 is 5.97 Å². The minimum absolute atomic E-state index is 0.0908. The fourth-order valence-electron chi connectivity index (χ4n) is 3.64. The number of ketones is 1. The second-order valence-corrected chi connectivity index (χ2v) is 6.54. The normalized spacial score (nSPS) is 22.2. The van der Waals surface area contributed by atoms with E-state index in [1.807, 2.05) is 38.1 Å². The molecule has 5 heteroatoms. The Labute approximate surface area is 142 Å². The van der Waals surface area contributed by atoms with Gasteiger partial charge in [0.15, 0.2) is 0 Å². The van der Waals surface area contributed by atoms with Crippen molar-refractivity contribution in [2.45, 2.75) is 32.7 Å². The summed E-state index contributed by atoms with van der Waals surface area (Å²) in [7, 11) is 0. The Hall–Kier alpha value is -2.14. The van der Waals surface area contributed by atoms with Crippen molar-refractivity contribution in [3.05, 3.63) is 36.0 Å². The highest BCUT2D eigenvalue weighted by Gasteiger charge is 2.35. The molecular formula is C19H25N2O3+. The van der Waals surface area contributed by atoms with Crippen LogP contribution in [-0.2, 0) is 9.53 Å². The molecular weight excluding hydrogens is 304 g/mol. The molecule has 2 N–H and O–H groups in total. The lowest BCUT2D eigenvalue weighted by Gasteiger charge is -2.32. The van der Waals surface area contributed by atoms with Crippen molar-refractivity contribution in [1.82, 2.24) is 4.98 Å². The molecule has 1 aromatic carbocycles. The maximum absolute atomic E-state index is 13.0. The van der Waals surface area contributed by atoms with Crippen molar-refractivity contribution in [2.75, 3.05) is 19.7 Å². The van der Waals surface area contributed by atoms with Crippen LogP contribution in [0.25, 0.3) is 10.9 Å². The maximum atomic E-state index is 13.0. The topological polar surface area (TPSA) is 63.6 Å². The van der Waals surface area contributed by atoms with Gasteiger partial charge in [0.2, 0.25) is 5.78 Å². The standard InChI is InChI=1S/C19H24N2O3/c1-3-24-19(23)14-7-6-10-21(12-14)13(2)18(22)16-11-20-17-9-5-4-8-15(16)17/h4-5,8-9,11,13-14,20H,3,6-7,10,12H2,1-2H3/p+1/t13-,14-/m0/s1. The zero-order valence-corrected chi connectivity index (χ0v) is 14.3. The zero-order valence-electron chi connectivity index (χ0n) is 14.3. The van der Waals surface area contributed by atoms with Crippen LogP contribution in [-0.4, -0.2) is 42.5 Å². The van der Waals surface area contributed by atoms with Crippen molar-refractivity contribution in [3.63, 3.8) is 0 Å². The number of quaternary nitrogens is 1. The van der Waals surface area contributed by atoms with E-state index in [-0.39, 0.29) is 23.7 Å². The summed E-state index contributed by atoms with van der Waals surface area (Å²) in [6.07, 6.45) is 3.61. The van der Waals surface area contributed by atoms with Crippen LogP contribution >= 0.6 is 0 Å². The predicted molar refractivity (Wildman–Crippen MR) is 92.1 cm³/mol. The third kappa shape index (κ3) is 3.22. The summed E-state index contributed by atoms with van der Waals surface area (Å²) in [5.41, 5.74) is 1.72. The summed E-state index contributed by atoms with van der Waals surface area (Å²) in [4.78, 5) is 29.3. The molecule has 0 aliphatic carbocycles. The molecule has 1 aliphatic rings. The molecule has 128 valence electrons. The van der Waals surface area contributed by atoms with Crippen molar-refractivity contribution in [2.24, 2.45) is 5.92 Å². The smallest absolute Gasteiger partial charge is 0.314 e. The molecule has 5 nitrogen and oxygen atoms in total. The average Bonchev–Trinajstić information content (AvgIpc) is 3.05. The lowest BCUT2D eigenvalue weighted by Crippen LogP contribution is -3.18.